The number of nitriles is 1. The van der Waals surface area contributed by atoms with E-state index in [0.717, 1.165) is 68.1 Å². The number of quaternary nitrogens is 1. The van der Waals surface area contributed by atoms with Gasteiger partial charge in [-0.05, 0) is 30.7 Å². The van der Waals surface area contributed by atoms with Crippen molar-refractivity contribution in [3.05, 3.63) is 16.3 Å². The Balaban J connectivity index is 1.68. The maximum absolute atomic E-state index is 8.87. The van der Waals surface area contributed by atoms with E-state index in [-0.39, 0.29) is 0 Å². The van der Waals surface area contributed by atoms with Gasteiger partial charge < -0.3 is 15.0 Å². The van der Waals surface area contributed by atoms with Crippen molar-refractivity contribution < 1.29 is 9.64 Å². The fourth-order valence-electron chi connectivity index (χ4n) is 3.89. The van der Waals surface area contributed by atoms with Crippen molar-refractivity contribution in [2.24, 2.45) is 5.92 Å². The van der Waals surface area contributed by atoms with Crippen LogP contribution in [0.25, 0.3) is 10.2 Å². The van der Waals surface area contributed by atoms with E-state index in [1.165, 1.54) is 27.1 Å². The highest BCUT2D eigenvalue weighted by atomic mass is 32.1. The van der Waals surface area contributed by atoms with Gasteiger partial charge in [0.15, 0.2) is 5.82 Å². The Hall–Kier alpha value is -1.75. The van der Waals surface area contributed by atoms with Crippen LogP contribution in [0, 0.1) is 17.2 Å². The number of thiophene rings is 1. The first kappa shape index (κ1) is 17.7. The minimum absolute atomic E-state index is 0.485. The van der Waals surface area contributed by atoms with Crippen molar-refractivity contribution in [2.75, 3.05) is 38.2 Å². The number of anilines is 1. The van der Waals surface area contributed by atoms with Crippen molar-refractivity contribution in [2.45, 2.75) is 39.2 Å². The van der Waals surface area contributed by atoms with Crippen molar-refractivity contribution >= 4 is 27.4 Å². The predicted octanol–water partition coefficient (Wildman–Crippen LogP) is 1.56. The average molecular weight is 373 g/mol. The van der Waals surface area contributed by atoms with Crippen molar-refractivity contribution in [3.8, 4) is 6.07 Å². The second kappa shape index (κ2) is 7.87. The molecule has 0 bridgehead atoms. The number of nitrogens with zero attached hydrogens (tertiary/aromatic N) is 3. The molecule has 4 rings (SSSR count). The molecular formula is C19H26N5OS+. The molecule has 2 N–H and O–H groups in total. The summed E-state index contributed by atoms with van der Waals surface area (Å²) in [5, 5.41) is 13.5. The molecule has 0 aromatic carbocycles. The fraction of sp³-hybridized carbons (Fsp3) is 0.632. The first-order chi connectivity index (χ1) is 12.7. The number of ether oxygens (including phenoxy) is 1. The number of rotatable bonds is 5. The minimum Gasteiger partial charge on any atom is -0.370 e. The molecule has 1 saturated heterocycles. The van der Waals surface area contributed by atoms with Gasteiger partial charge in [0.2, 0.25) is 0 Å². The standard InChI is InChI=1S/C19H25N5OS/c1-13-3-4-14-15(11-13)26-19-17(14)18(21-6-2-5-20)22-16(23-19)12-24-7-9-25-10-8-24/h13H,2-4,6-12H2,1H3,(H,21,22,23)/p+1/t13-/m1/s1. The molecule has 1 aliphatic heterocycles. The summed E-state index contributed by atoms with van der Waals surface area (Å²) in [7, 11) is 0. The molecule has 0 unspecified atom stereocenters. The van der Waals surface area contributed by atoms with Crippen LogP contribution in [-0.4, -0.2) is 42.8 Å². The molecule has 2 aromatic heterocycles. The Morgan fingerprint density at radius 1 is 1.35 bits per heavy atom. The van der Waals surface area contributed by atoms with Crippen LogP contribution < -0.4 is 10.2 Å². The highest BCUT2D eigenvalue weighted by molar-refractivity contribution is 7.19. The van der Waals surface area contributed by atoms with Gasteiger partial charge >= 0.3 is 0 Å². The molecule has 26 heavy (non-hydrogen) atoms. The molecule has 0 amide bonds. The van der Waals surface area contributed by atoms with Gasteiger partial charge in [0.1, 0.15) is 30.3 Å². The Morgan fingerprint density at radius 3 is 3.00 bits per heavy atom. The Morgan fingerprint density at radius 2 is 2.19 bits per heavy atom. The molecule has 6 nitrogen and oxygen atoms in total. The average Bonchev–Trinajstić information content (AvgIpc) is 3.00. The summed E-state index contributed by atoms with van der Waals surface area (Å²) in [6.07, 6.45) is 3.98. The van der Waals surface area contributed by atoms with Crippen LogP contribution in [0.3, 0.4) is 0 Å². The summed E-state index contributed by atoms with van der Waals surface area (Å²) in [5.41, 5.74) is 1.44. The summed E-state index contributed by atoms with van der Waals surface area (Å²) in [5.74, 6) is 2.58. The van der Waals surface area contributed by atoms with E-state index in [1.54, 1.807) is 0 Å². The molecule has 0 spiro atoms. The van der Waals surface area contributed by atoms with Gasteiger partial charge in [-0.2, -0.15) is 5.26 Å². The molecule has 1 fully saturated rings. The van der Waals surface area contributed by atoms with E-state index in [4.69, 9.17) is 20.0 Å². The van der Waals surface area contributed by atoms with Crippen LogP contribution in [0.5, 0.6) is 0 Å². The lowest BCUT2D eigenvalue weighted by atomic mass is 9.89. The van der Waals surface area contributed by atoms with Gasteiger partial charge in [0.25, 0.3) is 0 Å². The van der Waals surface area contributed by atoms with Crippen molar-refractivity contribution in [3.63, 3.8) is 0 Å². The molecule has 2 aromatic rings. The molecule has 0 saturated carbocycles. The van der Waals surface area contributed by atoms with Gasteiger partial charge in [-0.15, -0.1) is 11.3 Å². The van der Waals surface area contributed by atoms with E-state index in [2.05, 4.69) is 18.3 Å². The maximum atomic E-state index is 8.87. The molecule has 2 aliphatic rings. The summed E-state index contributed by atoms with van der Waals surface area (Å²) in [6.45, 7) is 7.46. The normalized spacial score (nSPS) is 20.7. The van der Waals surface area contributed by atoms with Crippen LogP contribution in [-0.2, 0) is 24.1 Å². The number of hydrogen-bond acceptors (Lipinski definition) is 6. The van der Waals surface area contributed by atoms with Gasteiger partial charge in [-0.3, -0.25) is 0 Å². The van der Waals surface area contributed by atoms with Crippen LogP contribution in [0.4, 0.5) is 5.82 Å². The van der Waals surface area contributed by atoms with Gasteiger partial charge in [0, 0.05) is 11.4 Å². The SMILES string of the molecule is C[C@@H]1CCc2c(sc3nc(C[NH+]4CCOCC4)nc(NCCC#N)c23)C1. The Kier molecular flexibility index (Phi) is 5.34. The first-order valence-electron chi connectivity index (χ1n) is 9.58. The largest absolute Gasteiger partial charge is 0.370 e. The number of nitrogens with one attached hydrogen (secondary N) is 2. The summed E-state index contributed by atoms with van der Waals surface area (Å²) in [4.78, 5) is 13.9. The van der Waals surface area contributed by atoms with E-state index >= 15 is 0 Å². The highest BCUT2D eigenvalue weighted by Crippen LogP contribution is 2.39. The summed E-state index contributed by atoms with van der Waals surface area (Å²) >= 11 is 1.84. The maximum Gasteiger partial charge on any atom is 0.187 e. The smallest absolute Gasteiger partial charge is 0.187 e. The van der Waals surface area contributed by atoms with Crippen LogP contribution >= 0.6 is 11.3 Å². The van der Waals surface area contributed by atoms with Crippen LogP contribution in [0.15, 0.2) is 0 Å². The fourth-order valence-corrected chi connectivity index (χ4v) is 5.29. The zero-order valence-electron chi connectivity index (χ0n) is 15.3. The topological polar surface area (TPSA) is 75.3 Å². The van der Waals surface area contributed by atoms with Gasteiger partial charge in [0.05, 0.1) is 31.1 Å². The second-order valence-corrected chi connectivity index (χ2v) is 8.48. The van der Waals surface area contributed by atoms with Crippen LogP contribution in [0.2, 0.25) is 0 Å². The van der Waals surface area contributed by atoms with E-state index in [9.17, 15) is 0 Å². The van der Waals surface area contributed by atoms with Gasteiger partial charge in [-0.25, -0.2) is 9.97 Å². The monoisotopic (exact) mass is 372 g/mol. The predicted molar refractivity (Wildman–Crippen MR) is 103 cm³/mol. The number of morpholine rings is 1. The zero-order chi connectivity index (χ0) is 17.9. The molecule has 7 heteroatoms. The van der Waals surface area contributed by atoms with Crippen LogP contribution in [0.1, 0.15) is 36.0 Å². The Bertz CT molecular complexity index is 821. The van der Waals surface area contributed by atoms with Gasteiger partial charge in [-0.1, -0.05) is 6.92 Å². The number of hydrogen-bond donors (Lipinski definition) is 2. The van der Waals surface area contributed by atoms with E-state index in [0.29, 0.717) is 13.0 Å². The van der Waals surface area contributed by atoms with Crippen molar-refractivity contribution in [1.29, 1.82) is 5.26 Å². The first-order valence-corrected chi connectivity index (χ1v) is 10.4. The lowest BCUT2D eigenvalue weighted by molar-refractivity contribution is -0.922. The molecular weight excluding hydrogens is 346 g/mol. The Labute approximate surface area is 158 Å². The molecule has 3 heterocycles. The summed E-state index contributed by atoms with van der Waals surface area (Å²) in [6, 6.07) is 2.21. The molecule has 0 radical (unpaired) electrons. The third-order valence-corrected chi connectivity index (χ3v) is 6.49. The lowest BCUT2D eigenvalue weighted by Crippen LogP contribution is -3.12. The molecule has 138 valence electrons. The number of aromatic nitrogens is 2. The van der Waals surface area contributed by atoms with E-state index < -0.39 is 0 Å². The van der Waals surface area contributed by atoms with E-state index in [1.807, 2.05) is 11.3 Å². The summed E-state index contributed by atoms with van der Waals surface area (Å²) < 4.78 is 5.46. The molecule has 1 aliphatic carbocycles. The lowest BCUT2D eigenvalue weighted by Gasteiger charge is -2.23. The quantitative estimate of drug-likeness (QED) is 0.779. The highest BCUT2D eigenvalue weighted by Gasteiger charge is 2.25. The minimum atomic E-state index is 0.485. The zero-order valence-corrected chi connectivity index (χ0v) is 16.1. The van der Waals surface area contributed by atoms with Crippen molar-refractivity contribution in [1.82, 2.24) is 9.97 Å². The second-order valence-electron chi connectivity index (χ2n) is 7.39. The molecule has 1 atom stereocenters. The number of aryl methyl sites for hydroxylation is 1. The third kappa shape index (κ3) is 3.68. The number of fused-ring (bicyclic) bond motifs is 3. The third-order valence-electron chi connectivity index (χ3n) is 5.34.